The van der Waals surface area contributed by atoms with E-state index in [0.717, 1.165) is 24.5 Å². The summed E-state index contributed by atoms with van der Waals surface area (Å²) in [5, 5.41) is 3.59. The van der Waals surface area contributed by atoms with E-state index in [2.05, 4.69) is 11.4 Å². The highest BCUT2D eigenvalue weighted by atomic mass is 16.5. The molecule has 0 saturated carbocycles. The lowest BCUT2D eigenvalue weighted by Gasteiger charge is -2.29. The predicted octanol–water partition coefficient (Wildman–Crippen LogP) is 2.10. The van der Waals surface area contributed by atoms with E-state index in [1.165, 1.54) is 24.0 Å². The zero-order chi connectivity index (χ0) is 11.8. The van der Waals surface area contributed by atoms with E-state index in [0.29, 0.717) is 12.0 Å². The number of hydrogen-bond donors (Lipinski definition) is 1. The molecule has 1 saturated heterocycles. The van der Waals surface area contributed by atoms with Crippen LogP contribution in [-0.4, -0.2) is 26.8 Å². The van der Waals surface area contributed by atoms with Gasteiger partial charge in [0.25, 0.3) is 0 Å². The smallest absolute Gasteiger partial charge is 0.164 e. The molecule has 1 aromatic carbocycles. The van der Waals surface area contributed by atoms with E-state index in [1.54, 1.807) is 14.2 Å². The Labute approximate surface area is 102 Å². The van der Waals surface area contributed by atoms with Crippen molar-refractivity contribution in [2.45, 2.75) is 31.2 Å². The first kappa shape index (κ1) is 10.9. The molecular weight excluding hydrogens is 214 g/mol. The van der Waals surface area contributed by atoms with Crippen molar-refractivity contribution >= 4 is 0 Å². The van der Waals surface area contributed by atoms with Crippen molar-refractivity contribution in [3.8, 4) is 11.5 Å². The SMILES string of the molecule is COc1ccc2c(c1OC)CCC1NCCC21. The van der Waals surface area contributed by atoms with Gasteiger partial charge in [-0.25, -0.2) is 0 Å². The van der Waals surface area contributed by atoms with E-state index < -0.39 is 0 Å². The Morgan fingerprint density at radius 3 is 2.82 bits per heavy atom. The van der Waals surface area contributed by atoms with Gasteiger partial charge in [-0.1, -0.05) is 6.07 Å². The molecule has 0 spiro atoms. The molecule has 2 aliphatic rings. The molecule has 0 bridgehead atoms. The van der Waals surface area contributed by atoms with Crippen molar-refractivity contribution in [2.75, 3.05) is 20.8 Å². The lowest BCUT2D eigenvalue weighted by Crippen LogP contribution is -2.30. The molecule has 1 aliphatic heterocycles. The summed E-state index contributed by atoms with van der Waals surface area (Å²) in [5.74, 6) is 2.46. The van der Waals surface area contributed by atoms with Gasteiger partial charge in [-0.05, 0) is 37.4 Å². The topological polar surface area (TPSA) is 30.5 Å². The largest absolute Gasteiger partial charge is 0.493 e. The number of methoxy groups -OCH3 is 2. The van der Waals surface area contributed by atoms with Gasteiger partial charge in [0.2, 0.25) is 0 Å². The minimum Gasteiger partial charge on any atom is -0.493 e. The Morgan fingerprint density at radius 1 is 1.18 bits per heavy atom. The molecule has 3 nitrogen and oxygen atoms in total. The molecule has 1 N–H and O–H groups in total. The maximum Gasteiger partial charge on any atom is 0.164 e. The van der Waals surface area contributed by atoms with Gasteiger partial charge in [-0.2, -0.15) is 0 Å². The summed E-state index contributed by atoms with van der Waals surface area (Å²) < 4.78 is 10.9. The van der Waals surface area contributed by atoms with E-state index >= 15 is 0 Å². The summed E-state index contributed by atoms with van der Waals surface area (Å²) in [5.41, 5.74) is 2.82. The molecule has 0 amide bonds. The fourth-order valence-electron chi connectivity index (χ4n) is 3.35. The third kappa shape index (κ3) is 1.61. The van der Waals surface area contributed by atoms with Crippen LogP contribution in [-0.2, 0) is 6.42 Å². The molecule has 0 aromatic heterocycles. The zero-order valence-electron chi connectivity index (χ0n) is 10.5. The van der Waals surface area contributed by atoms with Crippen molar-refractivity contribution in [1.82, 2.24) is 5.32 Å². The molecule has 0 radical (unpaired) electrons. The van der Waals surface area contributed by atoms with Gasteiger partial charge in [0.1, 0.15) is 0 Å². The minimum atomic E-state index is 0.665. The molecule has 1 fully saturated rings. The fraction of sp³-hybridized carbons (Fsp3) is 0.571. The number of hydrogen-bond acceptors (Lipinski definition) is 3. The quantitative estimate of drug-likeness (QED) is 0.848. The molecule has 1 aliphatic carbocycles. The van der Waals surface area contributed by atoms with Crippen LogP contribution in [0.5, 0.6) is 11.5 Å². The van der Waals surface area contributed by atoms with Crippen molar-refractivity contribution in [1.29, 1.82) is 0 Å². The first-order valence-corrected chi connectivity index (χ1v) is 6.32. The number of nitrogens with one attached hydrogen (secondary N) is 1. The molecule has 3 rings (SSSR count). The Balaban J connectivity index is 2.09. The van der Waals surface area contributed by atoms with Crippen LogP contribution in [0.1, 0.15) is 29.9 Å². The van der Waals surface area contributed by atoms with Crippen LogP contribution in [0.2, 0.25) is 0 Å². The molecule has 92 valence electrons. The third-order valence-electron chi connectivity index (χ3n) is 4.14. The Bertz CT molecular complexity index is 430. The Kier molecular flexibility index (Phi) is 2.71. The monoisotopic (exact) mass is 233 g/mol. The number of benzene rings is 1. The van der Waals surface area contributed by atoms with Gasteiger partial charge >= 0.3 is 0 Å². The first-order valence-electron chi connectivity index (χ1n) is 6.32. The predicted molar refractivity (Wildman–Crippen MR) is 67.0 cm³/mol. The van der Waals surface area contributed by atoms with Crippen molar-refractivity contribution in [3.63, 3.8) is 0 Å². The van der Waals surface area contributed by atoms with Gasteiger partial charge in [0.05, 0.1) is 14.2 Å². The van der Waals surface area contributed by atoms with E-state index in [-0.39, 0.29) is 0 Å². The minimum absolute atomic E-state index is 0.665. The molecule has 2 unspecified atom stereocenters. The normalized spacial score (nSPS) is 26.2. The van der Waals surface area contributed by atoms with Gasteiger partial charge in [-0.15, -0.1) is 0 Å². The summed E-state index contributed by atoms with van der Waals surface area (Å²) >= 11 is 0. The number of fused-ring (bicyclic) bond motifs is 3. The van der Waals surface area contributed by atoms with Crippen LogP contribution in [0.4, 0.5) is 0 Å². The van der Waals surface area contributed by atoms with Crippen molar-refractivity contribution in [3.05, 3.63) is 23.3 Å². The van der Waals surface area contributed by atoms with Crippen LogP contribution >= 0.6 is 0 Å². The van der Waals surface area contributed by atoms with Crippen molar-refractivity contribution < 1.29 is 9.47 Å². The second-order valence-corrected chi connectivity index (χ2v) is 4.86. The molecule has 3 heteroatoms. The highest BCUT2D eigenvalue weighted by Gasteiger charge is 2.34. The highest BCUT2D eigenvalue weighted by Crippen LogP contribution is 2.44. The number of rotatable bonds is 2. The van der Waals surface area contributed by atoms with E-state index in [4.69, 9.17) is 9.47 Å². The average molecular weight is 233 g/mol. The second kappa shape index (κ2) is 4.22. The Hall–Kier alpha value is -1.22. The van der Waals surface area contributed by atoms with Crippen LogP contribution in [0.15, 0.2) is 12.1 Å². The zero-order valence-corrected chi connectivity index (χ0v) is 10.5. The first-order chi connectivity index (χ1) is 8.35. The van der Waals surface area contributed by atoms with Crippen LogP contribution in [0.25, 0.3) is 0 Å². The molecule has 1 heterocycles. The van der Waals surface area contributed by atoms with E-state index in [9.17, 15) is 0 Å². The summed E-state index contributed by atoms with van der Waals surface area (Å²) in [6.45, 7) is 1.14. The van der Waals surface area contributed by atoms with Crippen LogP contribution < -0.4 is 14.8 Å². The van der Waals surface area contributed by atoms with Crippen LogP contribution in [0, 0.1) is 0 Å². The summed E-state index contributed by atoms with van der Waals surface area (Å²) in [7, 11) is 3.43. The lowest BCUT2D eigenvalue weighted by molar-refractivity contribution is 0.346. The molecule has 2 atom stereocenters. The number of ether oxygens (including phenoxy) is 2. The average Bonchev–Trinajstić information content (AvgIpc) is 2.85. The maximum atomic E-state index is 5.54. The molecule has 1 aromatic rings. The van der Waals surface area contributed by atoms with Gasteiger partial charge in [0.15, 0.2) is 11.5 Å². The second-order valence-electron chi connectivity index (χ2n) is 4.86. The maximum absolute atomic E-state index is 5.54. The van der Waals surface area contributed by atoms with Gasteiger partial charge in [0, 0.05) is 17.5 Å². The van der Waals surface area contributed by atoms with Gasteiger partial charge in [-0.3, -0.25) is 0 Å². The van der Waals surface area contributed by atoms with Crippen molar-refractivity contribution in [2.24, 2.45) is 0 Å². The standard InChI is InChI=1S/C14H19NO2/c1-16-13-6-4-9-10-7-8-15-12(10)5-3-11(9)14(13)17-2/h4,6,10,12,15H,3,5,7-8H2,1-2H3. The summed E-state index contributed by atoms with van der Waals surface area (Å²) in [4.78, 5) is 0. The molecular formula is C14H19NO2. The molecule has 17 heavy (non-hydrogen) atoms. The van der Waals surface area contributed by atoms with Crippen LogP contribution in [0.3, 0.4) is 0 Å². The van der Waals surface area contributed by atoms with Gasteiger partial charge < -0.3 is 14.8 Å². The highest BCUT2D eigenvalue weighted by molar-refractivity contribution is 5.53. The fourth-order valence-corrected chi connectivity index (χ4v) is 3.35. The summed E-state index contributed by atoms with van der Waals surface area (Å²) in [6.07, 6.45) is 3.54. The Morgan fingerprint density at radius 2 is 2.06 bits per heavy atom. The van der Waals surface area contributed by atoms with E-state index in [1.807, 2.05) is 6.07 Å². The lowest BCUT2D eigenvalue weighted by atomic mass is 9.79. The summed E-state index contributed by atoms with van der Waals surface area (Å²) in [6, 6.07) is 4.93. The third-order valence-corrected chi connectivity index (χ3v) is 4.14.